The lowest BCUT2D eigenvalue weighted by molar-refractivity contribution is 0.00620. The third-order valence-corrected chi connectivity index (χ3v) is 6.28. The first kappa shape index (κ1) is 21.8. The lowest BCUT2D eigenvalue weighted by Crippen LogP contribution is -2.30. The number of pyridine rings is 2. The van der Waals surface area contributed by atoms with E-state index in [0.717, 1.165) is 29.3 Å². The van der Waals surface area contributed by atoms with Gasteiger partial charge in [0.1, 0.15) is 16.9 Å². The molecule has 4 aromatic rings. The van der Waals surface area contributed by atoms with Gasteiger partial charge in [-0.05, 0) is 50.1 Å². The van der Waals surface area contributed by atoms with Gasteiger partial charge in [-0.15, -0.1) is 0 Å². The van der Waals surface area contributed by atoms with Crippen molar-refractivity contribution in [2.75, 3.05) is 13.7 Å². The number of esters is 1. The molecule has 34 heavy (non-hydrogen) atoms. The zero-order chi connectivity index (χ0) is 23.8. The monoisotopic (exact) mass is 457 g/mol. The molecule has 0 radical (unpaired) electrons. The highest BCUT2D eigenvalue weighted by atomic mass is 16.5. The van der Waals surface area contributed by atoms with Gasteiger partial charge in [-0.25, -0.2) is 9.78 Å². The largest absolute Gasteiger partial charge is 0.465 e. The van der Waals surface area contributed by atoms with Gasteiger partial charge >= 0.3 is 5.97 Å². The van der Waals surface area contributed by atoms with E-state index in [0.29, 0.717) is 23.5 Å². The van der Waals surface area contributed by atoms with Crippen LogP contribution in [0, 0.1) is 11.3 Å². The average molecular weight is 457 g/mol. The summed E-state index contributed by atoms with van der Waals surface area (Å²) in [5, 5.41) is 10.3. The van der Waals surface area contributed by atoms with E-state index in [9.17, 15) is 14.9 Å². The first-order valence-corrected chi connectivity index (χ1v) is 11.1. The standard InChI is InChI=1S/C25H23N5O4/c1-15-10-17(7-9-34-15)30-22(14-29-8-3-4-18(24(29)31)25(32)33-2)28-21-13-27-20-6-5-16(12-26)11-19(20)23(21)30/h3-6,8,11,13,15,17H,7,9-10,14H2,1-2H3/t15-,17?/m1/s1. The number of hydrogen-bond acceptors (Lipinski definition) is 7. The first-order valence-electron chi connectivity index (χ1n) is 11.1. The molecule has 172 valence electrons. The highest BCUT2D eigenvalue weighted by Gasteiger charge is 2.27. The molecule has 0 saturated carbocycles. The van der Waals surface area contributed by atoms with Crippen molar-refractivity contribution in [1.29, 1.82) is 5.26 Å². The normalized spacial score (nSPS) is 18.1. The third-order valence-electron chi connectivity index (χ3n) is 6.28. The Hall–Kier alpha value is -4.03. The Morgan fingerprint density at radius 3 is 2.94 bits per heavy atom. The SMILES string of the molecule is COC(=O)c1cccn(Cc2nc3cnc4ccc(C#N)cc4c3n2C2CCO[C@H](C)C2)c1=O. The molecule has 1 unspecified atom stereocenters. The fourth-order valence-corrected chi connectivity index (χ4v) is 4.69. The molecule has 1 aliphatic heterocycles. The number of carbonyl (C=O) groups excluding carboxylic acids is 1. The maximum atomic E-state index is 13.0. The van der Waals surface area contributed by atoms with Crippen molar-refractivity contribution < 1.29 is 14.3 Å². The second-order valence-corrected chi connectivity index (χ2v) is 8.44. The zero-order valence-electron chi connectivity index (χ0n) is 18.9. The molecule has 3 aromatic heterocycles. The summed E-state index contributed by atoms with van der Waals surface area (Å²) in [6.07, 6.45) is 5.02. The van der Waals surface area contributed by atoms with E-state index in [-0.39, 0.29) is 24.3 Å². The van der Waals surface area contributed by atoms with Crippen LogP contribution in [0.3, 0.4) is 0 Å². The molecule has 0 N–H and O–H groups in total. The minimum absolute atomic E-state index is 0.0295. The summed E-state index contributed by atoms with van der Waals surface area (Å²) in [5.41, 5.74) is 2.41. The minimum atomic E-state index is -0.676. The van der Waals surface area contributed by atoms with Crippen molar-refractivity contribution in [2.24, 2.45) is 0 Å². The number of fused-ring (bicyclic) bond motifs is 3. The first-order chi connectivity index (χ1) is 16.5. The summed E-state index contributed by atoms with van der Waals surface area (Å²) in [6, 6.07) is 10.8. The Labute approximate surface area is 195 Å². The Bertz CT molecular complexity index is 1510. The van der Waals surface area contributed by atoms with Crippen molar-refractivity contribution in [3.05, 3.63) is 70.0 Å². The van der Waals surface area contributed by atoms with Gasteiger partial charge in [0.15, 0.2) is 0 Å². The molecule has 2 atom stereocenters. The number of aromatic nitrogens is 4. The summed E-state index contributed by atoms with van der Waals surface area (Å²) in [6.45, 7) is 2.83. The number of hydrogen-bond donors (Lipinski definition) is 0. The Morgan fingerprint density at radius 2 is 2.18 bits per heavy atom. The molecule has 9 heteroatoms. The van der Waals surface area contributed by atoms with Gasteiger partial charge in [0, 0.05) is 24.2 Å². The molecule has 0 bridgehead atoms. The predicted octanol–water partition coefficient (Wildman–Crippen LogP) is 3.19. The van der Waals surface area contributed by atoms with Gasteiger partial charge in [0.25, 0.3) is 5.56 Å². The number of rotatable bonds is 4. The molecule has 9 nitrogen and oxygen atoms in total. The molecule has 1 aliphatic rings. The number of nitriles is 1. The Morgan fingerprint density at radius 1 is 1.32 bits per heavy atom. The quantitative estimate of drug-likeness (QED) is 0.433. The maximum Gasteiger partial charge on any atom is 0.343 e. The van der Waals surface area contributed by atoms with E-state index in [1.165, 1.54) is 17.7 Å². The van der Waals surface area contributed by atoms with Crippen LogP contribution < -0.4 is 5.56 Å². The summed E-state index contributed by atoms with van der Waals surface area (Å²) in [5.74, 6) is 0.000195. The van der Waals surface area contributed by atoms with Crippen LogP contribution >= 0.6 is 0 Å². The summed E-state index contributed by atoms with van der Waals surface area (Å²) >= 11 is 0. The smallest absolute Gasteiger partial charge is 0.343 e. The second-order valence-electron chi connectivity index (χ2n) is 8.44. The van der Waals surface area contributed by atoms with E-state index in [1.54, 1.807) is 24.5 Å². The molecule has 0 amide bonds. The van der Waals surface area contributed by atoms with Gasteiger partial charge in [-0.1, -0.05) is 0 Å². The van der Waals surface area contributed by atoms with Gasteiger partial charge in [-0.3, -0.25) is 9.78 Å². The van der Waals surface area contributed by atoms with Crippen LogP contribution in [0.5, 0.6) is 0 Å². The van der Waals surface area contributed by atoms with E-state index in [2.05, 4.69) is 15.6 Å². The molecule has 1 fully saturated rings. The van der Waals surface area contributed by atoms with Gasteiger partial charge in [0.2, 0.25) is 0 Å². The van der Waals surface area contributed by atoms with Gasteiger partial charge in [-0.2, -0.15) is 5.26 Å². The third kappa shape index (κ3) is 3.72. The highest BCUT2D eigenvalue weighted by molar-refractivity contribution is 6.03. The van der Waals surface area contributed by atoms with Gasteiger partial charge in [0.05, 0.1) is 48.6 Å². The van der Waals surface area contributed by atoms with Crippen LogP contribution in [0.25, 0.3) is 21.9 Å². The lowest BCUT2D eigenvalue weighted by Gasteiger charge is -2.30. The highest BCUT2D eigenvalue weighted by Crippen LogP contribution is 2.34. The molecule has 1 saturated heterocycles. The van der Waals surface area contributed by atoms with E-state index in [1.807, 2.05) is 19.1 Å². The fourth-order valence-electron chi connectivity index (χ4n) is 4.69. The molecule has 4 heterocycles. The van der Waals surface area contributed by atoms with E-state index in [4.69, 9.17) is 14.5 Å². The molecular formula is C25H23N5O4. The van der Waals surface area contributed by atoms with Crippen LogP contribution in [0.1, 0.15) is 47.6 Å². The summed E-state index contributed by atoms with van der Waals surface area (Å²) in [4.78, 5) is 34.4. The lowest BCUT2D eigenvalue weighted by atomic mass is 10.0. The van der Waals surface area contributed by atoms with Crippen molar-refractivity contribution >= 4 is 27.9 Å². The number of ether oxygens (including phenoxy) is 2. The van der Waals surface area contributed by atoms with Crippen molar-refractivity contribution in [2.45, 2.75) is 38.5 Å². The van der Waals surface area contributed by atoms with Crippen molar-refractivity contribution in [3.8, 4) is 6.07 Å². The minimum Gasteiger partial charge on any atom is -0.465 e. The average Bonchev–Trinajstić information content (AvgIpc) is 3.23. The zero-order valence-corrected chi connectivity index (χ0v) is 18.9. The number of methoxy groups -OCH3 is 1. The van der Waals surface area contributed by atoms with Crippen LogP contribution in [0.2, 0.25) is 0 Å². The van der Waals surface area contributed by atoms with Crippen LogP contribution in [0.4, 0.5) is 0 Å². The summed E-state index contributed by atoms with van der Waals surface area (Å²) < 4.78 is 14.2. The molecule has 5 rings (SSSR count). The van der Waals surface area contributed by atoms with E-state index < -0.39 is 11.5 Å². The van der Waals surface area contributed by atoms with Gasteiger partial charge < -0.3 is 18.6 Å². The molecule has 0 aliphatic carbocycles. The number of benzene rings is 1. The predicted molar refractivity (Wildman–Crippen MR) is 125 cm³/mol. The summed E-state index contributed by atoms with van der Waals surface area (Å²) in [7, 11) is 1.25. The second kappa shape index (κ2) is 8.72. The number of carbonyl (C=O) groups is 1. The van der Waals surface area contributed by atoms with Crippen molar-refractivity contribution in [3.63, 3.8) is 0 Å². The molecule has 1 aromatic carbocycles. The molecular weight excluding hydrogens is 434 g/mol. The Kier molecular flexibility index (Phi) is 5.59. The van der Waals surface area contributed by atoms with Crippen molar-refractivity contribution in [1.82, 2.24) is 19.1 Å². The maximum absolute atomic E-state index is 13.0. The topological polar surface area (TPSA) is 112 Å². The Balaban J connectivity index is 1.73. The van der Waals surface area contributed by atoms with Crippen LogP contribution in [-0.4, -0.2) is 44.9 Å². The van der Waals surface area contributed by atoms with Crippen LogP contribution in [-0.2, 0) is 16.0 Å². The van der Waals surface area contributed by atoms with E-state index >= 15 is 0 Å². The number of nitrogens with zero attached hydrogens (tertiary/aromatic N) is 5. The molecule has 0 spiro atoms. The number of imidazole rings is 1. The fraction of sp³-hybridized carbons (Fsp3) is 0.320. The van der Waals surface area contributed by atoms with Crippen LogP contribution in [0.15, 0.2) is 47.5 Å².